The summed E-state index contributed by atoms with van der Waals surface area (Å²) in [5, 5.41) is 0. The van der Waals surface area contributed by atoms with Gasteiger partial charge in [0.15, 0.2) is 17.3 Å². The molecule has 0 aromatic heterocycles. The molecule has 8 heteroatoms. The minimum Gasteiger partial charge on any atom is -0.457 e. The van der Waals surface area contributed by atoms with Crippen LogP contribution in [0.4, 0.5) is 0 Å². The van der Waals surface area contributed by atoms with E-state index in [1.54, 1.807) is 0 Å². The van der Waals surface area contributed by atoms with Crippen molar-refractivity contribution in [1.82, 2.24) is 0 Å². The molecule has 3 saturated heterocycles. The van der Waals surface area contributed by atoms with Crippen LogP contribution in [-0.4, -0.2) is 74.9 Å². The fourth-order valence-corrected chi connectivity index (χ4v) is 14.4. The topological polar surface area (TPSA) is 60.4 Å². The molecule has 0 aliphatic carbocycles. The third kappa shape index (κ3) is 15.2. The van der Waals surface area contributed by atoms with Gasteiger partial charge >= 0.3 is 0 Å². The molecule has 4 aromatic rings. The van der Waals surface area contributed by atoms with Crippen LogP contribution in [0, 0.1) is 13.8 Å². The Balaban J connectivity index is 0.000000160. The first kappa shape index (κ1) is 43.2. The number of rotatable bonds is 13. The highest BCUT2D eigenvalue weighted by molar-refractivity contribution is 7.99. The van der Waals surface area contributed by atoms with Crippen LogP contribution in [-0.2, 0) is 32.7 Å². The van der Waals surface area contributed by atoms with E-state index in [0.717, 1.165) is 51.2 Å². The molecule has 292 valence electrons. The average molecular weight is 816 g/mol. The first-order chi connectivity index (χ1) is 26.7. The molecule has 4 aromatic carbocycles. The number of hydrogen-bond acceptors (Lipinski definition) is 5. The zero-order valence-electron chi connectivity index (χ0n) is 33.0. The van der Waals surface area contributed by atoms with Crippen LogP contribution in [0.15, 0.2) is 102 Å². The van der Waals surface area contributed by atoms with Gasteiger partial charge in [-0.25, -0.2) is 0 Å². The molecular weight excluding hydrogens is 757 g/mol. The van der Waals surface area contributed by atoms with Crippen LogP contribution in [0.3, 0.4) is 0 Å². The largest absolute Gasteiger partial charge is 0.457 e. The molecule has 3 fully saturated rings. The Hall–Kier alpha value is -2.91. The first-order valence-corrected chi connectivity index (χ1v) is 26.1. The molecule has 0 bridgehead atoms. The summed E-state index contributed by atoms with van der Waals surface area (Å²) in [5.41, 5.74) is 5.00. The summed E-state index contributed by atoms with van der Waals surface area (Å²) < 4.78 is 5.74. The highest BCUT2D eigenvalue weighted by atomic mass is 32.2. The SMILES string of the molecule is CCSc1ccc(C(=O)C[S+]2CCCC2)cc1.Cc1cc(C)cc(C(=O)C[S+]2CCCCC2)c1.O=C(C[S+]1CCCC1)c1ccc(Oc2ccccc2)cc1. The Kier molecular flexibility index (Phi) is 18.3. The van der Waals surface area contributed by atoms with Gasteiger partial charge in [0.05, 0.1) is 0 Å². The van der Waals surface area contributed by atoms with Crippen LogP contribution in [0.2, 0.25) is 0 Å². The highest BCUT2D eigenvalue weighted by Gasteiger charge is 2.29. The molecule has 7 rings (SSSR count). The number of ether oxygens (including phenoxy) is 1. The lowest BCUT2D eigenvalue weighted by Crippen LogP contribution is -2.25. The molecule has 55 heavy (non-hydrogen) atoms. The number of benzene rings is 4. The van der Waals surface area contributed by atoms with Crippen LogP contribution in [0.25, 0.3) is 0 Å². The number of para-hydroxylation sites is 1. The Labute approximate surface area is 343 Å². The summed E-state index contributed by atoms with van der Waals surface area (Å²) in [4.78, 5) is 37.8. The summed E-state index contributed by atoms with van der Waals surface area (Å²) in [5.74, 6) is 13.5. The van der Waals surface area contributed by atoms with E-state index in [2.05, 4.69) is 39.0 Å². The van der Waals surface area contributed by atoms with E-state index in [0.29, 0.717) is 44.3 Å². The van der Waals surface area contributed by atoms with E-state index in [1.165, 1.54) is 95.5 Å². The van der Waals surface area contributed by atoms with E-state index >= 15 is 0 Å². The van der Waals surface area contributed by atoms with Crippen molar-refractivity contribution in [3.63, 3.8) is 0 Å². The molecule has 0 atom stereocenters. The summed E-state index contributed by atoms with van der Waals surface area (Å²) in [6.07, 6.45) is 9.24. The molecular formula is C47H59O4S4+3. The minimum atomic E-state index is 0.270. The summed E-state index contributed by atoms with van der Waals surface area (Å²) in [6.45, 7) is 6.27. The third-order valence-electron chi connectivity index (χ3n) is 9.79. The maximum Gasteiger partial charge on any atom is 0.211 e. The van der Waals surface area contributed by atoms with Crippen molar-refractivity contribution in [3.05, 3.63) is 125 Å². The number of thioether (sulfide) groups is 1. The molecule has 4 nitrogen and oxygen atoms in total. The number of carbonyl (C=O) groups is 3. The van der Waals surface area contributed by atoms with Gasteiger partial charge in [0, 0.05) is 21.6 Å². The molecule has 3 aliphatic heterocycles. The van der Waals surface area contributed by atoms with Crippen molar-refractivity contribution in [2.24, 2.45) is 0 Å². The van der Waals surface area contributed by atoms with E-state index in [9.17, 15) is 14.4 Å². The molecule has 0 radical (unpaired) electrons. The molecule has 3 heterocycles. The first-order valence-electron chi connectivity index (χ1n) is 19.9. The molecule has 0 amide bonds. The van der Waals surface area contributed by atoms with E-state index in [-0.39, 0.29) is 5.78 Å². The highest BCUT2D eigenvalue weighted by Crippen LogP contribution is 2.23. The van der Waals surface area contributed by atoms with Crippen molar-refractivity contribution < 1.29 is 19.1 Å². The van der Waals surface area contributed by atoms with Crippen molar-refractivity contribution in [3.8, 4) is 11.5 Å². The Morgan fingerprint density at radius 1 is 0.509 bits per heavy atom. The molecule has 0 unspecified atom stereocenters. The second-order valence-corrected chi connectivity index (χ2v) is 22.8. The Morgan fingerprint density at radius 3 is 1.36 bits per heavy atom. The lowest BCUT2D eigenvalue weighted by atomic mass is 10.1. The zero-order valence-corrected chi connectivity index (χ0v) is 36.3. The maximum atomic E-state index is 12.2. The van der Waals surface area contributed by atoms with Crippen LogP contribution < -0.4 is 4.74 Å². The van der Waals surface area contributed by atoms with Gasteiger partial charge in [0.2, 0.25) is 17.3 Å². The number of Topliss-reactive ketones (excluding diaryl/α,β-unsaturated/α-hetero) is 3. The van der Waals surface area contributed by atoms with Crippen molar-refractivity contribution in [2.75, 3.05) is 57.5 Å². The van der Waals surface area contributed by atoms with Gasteiger partial charge < -0.3 is 4.74 Å². The number of aryl methyl sites for hydroxylation is 2. The fourth-order valence-electron chi connectivity index (χ4n) is 6.93. The van der Waals surface area contributed by atoms with Gasteiger partial charge in [-0.15, -0.1) is 11.8 Å². The predicted octanol–water partition coefficient (Wildman–Crippen LogP) is 10.8. The second kappa shape index (κ2) is 23.4. The van der Waals surface area contributed by atoms with Gasteiger partial charge in [-0.3, -0.25) is 14.4 Å². The van der Waals surface area contributed by atoms with E-state index in [4.69, 9.17) is 4.74 Å². The van der Waals surface area contributed by atoms with Crippen molar-refractivity contribution in [1.29, 1.82) is 0 Å². The lowest BCUT2D eigenvalue weighted by molar-refractivity contribution is 0.101. The van der Waals surface area contributed by atoms with Gasteiger partial charge in [0.1, 0.15) is 46.0 Å². The van der Waals surface area contributed by atoms with E-state index < -0.39 is 0 Å². The van der Waals surface area contributed by atoms with Gasteiger partial charge in [-0.2, -0.15) is 0 Å². The van der Waals surface area contributed by atoms with Gasteiger partial charge in [-0.05, 0) is 158 Å². The van der Waals surface area contributed by atoms with Crippen molar-refractivity contribution >= 4 is 61.8 Å². The Bertz CT molecular complexity index is 1750. The molecule has 3 aliphatic rings. The second-order valence-electron chi connectivity index (χ2n) is 14.5. The van der Waals surface area contributed by atoms with Gasteiger partial charge in [0.25, 0.3) is 0 Å². The minimum absolute atomic E-state index is 0.270. The maximum absolute atomic E-state index is 12.2. The summed E-state index contributed by atoms with van der Waals surface area (Å²) in [7, 11) is 1.07. The lowest BCUT2D eigenvalue weighted by Gasteiger charge is -2.13. The third-order valence-corrected chi connectivity index (χ3v) is 17.9. The van der Waals surface area contributed by atoms with E-state index in [1.807, 2.05) is 90.6 Å². The predicted molar refractivity (Wildman–Crippen MR) is 243 cm³/mol. The summed E-state index contributed by atoms with van der Waals surface area (Å²) >= 11 is 1.82. The number of carbonyl (C=O) groups excluding carboxylic acids is 3. The molecule has 0 saturated carbocycles. The monoisotopic (exact) mass is 815 g/mol. The molecule has 0 spiro atoms. The average Bonchev–Trinajstić information content (AvgIpc) is 3.92. The van der Waals surface area contributed by atoms with Crippen LogP contribution in [0.5, 0.6) is 11.5 Å². The quantitative estimate of drug-likeness (QED) is 0.0764. The normalized spacial score (nSPS) is 16.1. The van der Waals surface area contributed by atoms with Crippen LogP contribution >= 0.6 is 11.8 Å². The standard InChI is InChI=1S/C18H19O2S.C15H21OS.C14H19OS2/c19-18(14-21-12-4-5-13-21)15-8-10-17(11-9-15)20-16-6-2-1-3-7-16;1-12-8-13(2)10-14(9-12)15(16)11-17-6-4-3-5-7-17;1-2-16-13-7-5-12(6-8-13)14(15)11-17-9-3-4-10-17/h1-3,6-11H,4-5,12-14H2;8-10H,3-7,11H2,1-2H3;5-8H,2-4,9-11H2,1H3/q3*+1. The smallest absolute Gasteiger partial charge is 0.211 e. The number of hydrogen-bond donors (Lipinski definition) is 0. The number of ketones is 3. The Morgan fingerprint density at radius 2 is 0.909 bits per heavy atom. The fraction of sp³-hybridized carbons (Fsp3) is 0.426. The van der Waals surface area contributed by atoms with Crippen LogP contribution in [0.1, 0.15) is 94.1 Å². The summed E-state index contributed by atoms with van der Waals surface area (Å²) in [6, 6.07) is 31.5. The molecule has 0 N–H and O–H groups in total. The zero-order chi connectivity index (χ0) is 38.8. The van der Waals surface area contributed by atoms with Crippen molar-refractivity contribution in [2.45, 2.75) is 70.6 Å². The van der Waals surface area contributed by atoms with Gasteiger partial charge in [-0.1, -0.05) is 54.4 Å².